The van der Waals surface area contributed by atoms with Gasteiger partial charge in [-0.2, -0.15) is 4.98 Å². The van der Waals surface area contributed by atoms with Crippen molar-refractivity contribution in [2.75, 3.05) is 31.8 Å². The fourth-order valence-corrected chi connectivity index (χ4v) is 3.18. The summed E-state index contributed by atoms with van der Waals surface area (Å²) in [5.41, 5.74) is 6.58. The van der Waals surface area contributed by atoms with E-state index in [-0.39, 0.29) is 29.3 Å². The number of carbonyl (C=O) groups excluding carboxylic acids is 2. The van der Waals surface area contributed by atoms with Gasteiger partial charge in [-0.3, -0.25) is 9.69 Å². The van der Waals surface area contributed by atoms with Crippen LogP contribution in [0.25, 0.3) is 0 Å². The number of ketones is 1. The highest BCUT2D eigenvalue weighted by Gasteiger charge is 2.28. The summed E-state index contributed by atoms with van der Waals surface area (Å²) in [6, 6.07) is 6.88. The zero-order chi connectivity index (χ0) is 20.1. The van der Waals surface area contributed by atoms with Gasteiger partial charge >= 0.3 is 6.09 Å². The third-order valence-corrected chi connectivity index (χ3v) is 4.62. The molecule has 0 aliphatic carbocycles. The number of ether oxygens (including phenoxy) is 2. The Balaban J connectivity index is 1.80. The molecule has 1 aliphatic heterocycles. The maximum atomic E-state index is 12.8. The van der Waals surface area contributed by atoms with Crippen molar-refractivity contribution in [3.8, 4) is 5.75 Å². The molecule has 1 unspecified atom stereocenters. The van der Waals surface area contributed by atoms with E-state index in [0.29, 0.717) is 17.9 Å². The molecule has 3 rings (SSSR count). The number of benzene rings is 1. The minimum atomic E-state index is -0.409. The molecule has 9 nitrogen and oxygen atoms in total. The van der Waals surface area contributed by atoms with Crippen LogP contribution < -0.4 is 15.8 Å². The number of aromatic nitrogens is 2. The molecular weight excluding hydrogens is 362 g/mol. The molecule has 0 bridgehead atoms. The summed E-state index contributed by atoms with van der Waals surface area (Å²) < 4.78 is 10.1. The van der Waals surface area contributed by atoms with Crippen LogP contribution in [0.3, 0.4) is 0 Å². The highest BCUT2D eigenvalue weighted by atomic mass is 16.5. The number of hydrogen-bond donors (Lipinski definition) is 2. The van der Waals surface area contributed by atoms with Gasteiger partial charge in [0.05, 0.1) is 25.3 Å². The Morgan fingerprint density at radius 2 is 2.00 bits per heavy atom. The number of nitrogens with zero attached hydrogens (tertiary/aromatic N) is 3. The molecule has 0 spiro atoms. The Morgan fingerprint density at radius 3 is 2.71 bits per heavy atom. The van der Waals surface area contributed by atoms with Crippen LogP contribution in [0, 0.1) is 0 Å². The van der Waals surface area contributed by atoms with Crippen LogP contribution in [-0.2, 0) is 4.74 Å². The van der Waals surface area contributed by atoms with Crippen molar-refractivity contribution in [1.82, 2.24) is 14.9 Å². The van der Waals surface area contributed by atoms with E-state index < -0.39 is 6.09 Å². The topological polar surface area (TPSA) is 120 Å². The number of nitrogens with one attached hydrogen (secondary N) is 1. The van der Waals surface area contributed by atoms with Gasteiger partial charge in [-0.05, 0) is 31.4 Å². The Bertz CT molecular complexity index is 873. The van der Waals surface area contributed by atoms with E-state index in [1.54, 1.807) is 29.2 Å². The number of piperidine rings is 1. The van der Waals surface area contributed by atoms with Crippen molar-refractivity contribution in [2.45, 2.75) is 25.4 Å². The molecule has 0 radical (unpaired) electrons. The fraction of sp³-hybridized carbons (Fsp3) is 0.368. The lowest BCUT2D eigenvalue weighted by molar-refractivity contribution is 0.0964. The van der Waals surface area contributed by atoms with Crippen LogP contribution in [0.5, 0.6) is 5.75 Å². The molecule has 1 fully saturated rings. The van der Waals surface area contributed by atoms with Crippen LogP contribution in [0.1, 0.15) is 35.2 Å². The van der Waals surface area contributed by atoms with Crippen molar-refractivity contribution < 1.29 is 19.1 Å². The Kier molecular flexibility index (Phi) is 5.93. The molecule has 3 N–H and O–H groups in total. The third kappa shape index (κ3) is 3.98. The van der Waals surface area contributed by atoms with Gasteiger partial charge in [0.15, 0.2) is 0 Å². The van der Waals surface area contributed by atoms with Gasteiger partial charge < -0.3 is 20.5 Å². The van der Waals surface area contributed by atoms with Gasteiger partial charge in [-0.1, -0.05) is 12.1 Å². The van der Waals surface area contributed by atoms with Crippen molar-refractivity contribution in [3.05, 3.63) is 41.6 Å². The van der Waals surface area contributed by atoms with E-state index in [0.717, 1.165) is 19.3 Å². The second-order valence-electron chi connectivity index (χ2n) is 6.34. The molecule has 28 heavy (non-hydrogen) atoms. The first-order valence-electron chi connectivity index (χ1n) is 8.96. The molecule has 148 valence electrons. The summed E-state index contributed by atoms with van der Waals surface area (Å²) in [5.74, 6) is 0.420. The summed E-state index contributed by atoms with van der Waals surface area (Å²) in [6.07, 6.45) is 3.28. The normalized spacial score (nSPS) is 16.4. The van der Waals surface area contributed by atoms with Gasteiger partial charge in [-0.25, -0.2) is 9.78 Å². The number of nitrogen functional groups attached to an aromatic ring is 1. The van der Waals surface area contributed by atoms with E-state index >= 15 is 0 Å². The van der Waals surface area contributed by atoms with Crippen molar-refractivity contribution in [1.29, 1.82) is 0 Å². The Morgan fingerprint density at radius 1 is 1.21 bits per heavy atom. The number of carbonyl (C=O) groups is 2. The second kappa shape index (κ2) is 8.55. The van der Waals surface area contributed by atoms with E-state index in [1.807, 2.05) is 0 Å². The maximum absolute atomic E-state index is 12.8. The maximum Gasteiger partial charge on any atom is 0.411 e. The monoisotopic (exact) mass is 385 g/mol. The van der Waals surface area contributed by atoms with Gasteiger partial charge in [0, 0.05) is 12.7 Å². The molecule has 0 saturated carbocycles. The smallest absolute Gasteiger partial charge is 0.411 e. The minimum Gasteiger partial charge on any atom is -0.496 e. The highest BCUT2D eigenvalue weighted by molar-refractivity contribution is 6.13. The lowest BCUT2D eigenvalue weighted by atomic mass is 10.0. The molecule has 2 aromatic rings. The second-order valence-corrected chi connectivity index (χ2v) is 6.34. The zero-order valence-electron chi connectivity index (χ0n) is 15.8. The number of rotatable bonds is 5. The predicted octanol–water partition coefficient (Wildman–Crippen LogP) is 2.29. The average molecular weight is 385 g/mol. The van der Waals surface area contributed by atoms with Crippen molar-refractivity contribution in [2.24, 2.45) is 0 Å². The summed E-state index contributed by atoms with van der Waals surface area (Å²) >= 11 is 0. The molecule has 9 heteroatoms. The number of para-hydroxylation sites is 1. The molecule has 1 amide bonds. The Hall–Kier alpha value is -3.36. The largest absolute Gasteiger partial charge is 0.496 e. The zero-order valence-corrected chi connectivity index (χ0v) is 15.8. The van der Waals surface area contributed by atoms with Crippen LogP contribution >= 0.6 is 0 Å². The van der Waals surface area contributed by atoms with Crippen LogP contribution in [-0.4, -0.2) is 53.7 Å². The molecule has 1 saturated heterocycles. The number of nitrogens with two attached hydrogens (primary N) is 1. The van der Waals surface area contributed by atoms with E-state index in [9.17, 15) is 9.59 Å². The molecule has 2 heterocycles. The first kappa shape index (κ1) is 19.4. The number of anilines is 2. The quantitative estimate of drug-likeness (QED) is 0.752. The molecule has 1 atom stereocenters. The number of hydrogen-bond acceptors (Lipinski definition) is 8. The number of methoxy groups -OCH3 is 2. The van der Waals surface area contributed by atoms with Gasteiger partial charge in [0.1, 0.15) is 17.7 Å². The van der Waals surface area contributed by atoms with Crippen molar-refractivity contribution in [3.63, 3.8) is 0 Å². The van der Waals surface area contributed by atoms with E-state index in [4.69, 9.17) is 15.2 Å². The predicted molar refractivity (Wildman–Crippen MR) is 103 cm³/mol. The summed E-state index contributed by atoms with van der Waals surface area (Å²) in [7, 11) is 2.84. The van der Waals surface area contributed by atoms with Gasteiger partial charge in [0.2, 0.25) is 11.7 Å². The lowest BCUT2D eigenvalue weighted by Gasteiger charge is -2.34. The minimum absolute atomic E-state index is 0.0498. The fourth-order valence-electron chi connectivity index (χ4n) is 3.18. The summed E-state index contributed by atoms with van der Waals surface area (Å²) in [4.78, 5) is 34.7. The average Bonchev–Trinajstić information content (AvgIpc) is 2.73. The molecular formula is C19H23N5O4. The standard InChI is InChI=1S/C19H23N5O4/c1-27-14-8-4-3-7-12(14)16(25)13-11-21-18(23-17(13)20)22-15-9-5-6-10-24(15)19(26)28-2/h3-4,7-8,11,15H,5-6,9-10H2,1-2H3,(H3,20,21,22,23). The summed E-state index contributed by atoms with van der Waals surface area (Å²) in [5, 5.41) is 3.10. The first-order chi connectivity index (χ1) is 13.5. The van der Waals surface area contributed by atoms with Gasteiger partial charge in [-0.15, -0.1) is 0 Å². The van der Waals surface area contributed by atoms with Crippen LogP contribution in [0.15, 0.2) is 30.5 Å². The van der Waals surface area contributed by atoms with Gasteiger partial charge in [0.25, 0.3) is 0 Å². The highest BCUT2D eigenvalue weighted by Crippen LogP contribution is 2.24. The van der Waals surface area contributed by atoms with Crippen LogP contribution in [0.2, 0.25) is 0 Å². The van der Waals surface area contributed by atoms with E-state index in [1.165, 1.54) is 20.4 Å². The molecule has 1 aromatic carbocycles. The number of likely N-dealkylation sites (tertiary alicyclic amines) is 1. The summed E-state index contributed by atoms with van der Waals surface area (Å²) in [6.45, 7) is 0.587. The lowest BCUT2D eigenvalue weighted by Crippen LogP contribution is -2.48. The SMILES string of the molecule is COC(=O)N1CCCCC1Nc1ncc(C(=O)c2ccccc2OC)c(N)n1. The first-order valence-corrected chi connectivity index (χ1v) is 8.96. The van der Waals surface area contributed by atoms with Crippen LogP contribution in [0.4, 0.5) is 16.6 Å². The molecule has 1 aliphatic rings. The van der Waals surface area contributed by atoms with E-state index in [2.05, 4.69) is 15.3 Å². The number of amides is 1. The third-order valence-electron chi connectivity index (χ3n) is 4.62. The molecule has 1 aromatic heterocycles. The van der Waals surface area contributed by atoms with Crippen molar-refractivity contribution >= 4 is 23.6 Å². The Labute approximate surface area is 162 Å².